The van der Waals surface area contributed by atoms with Gasteiger partial charge in [0.1, 0.15) is 0 Å². The van der Waals surface area contributed by atoms with Crippen LogP contribution in [0.5, 0.6) is 0 Å². The highest BCUT2D eigenvalue weighted by atomic mass is 35.5. The number of rotatable bonds is 1. The van der Waals surface area contributed by atoms with E-state index in [9.17, 15) is 17.6 Å². The van der Waals surface area contributed by atoms with E-state index >= 15 is 0 Å². The summed E-state index contributed by atoms with van der Waals surface area (Å²) in [5.74, 6) is -1.09. The van der Waals surface area contributed by atoms with Crippen LogP contribution in [0.1, 0.15) is 0 Å². The quantitative estimate of drug-likeness (QED) is 0.520. The van der Waals surface area contributed by atoms with Gasteiger partial charge in [-0.05, 0) is 23.9 Å². The smallest absolute Gasteiger partial charge is 0.204 e. The van der Waals surface area contributed by atoms with Crippen molar-refractivity contribution in [2.24, 2.45) is 0 Å². The van der Waals surface area contributed by atoms with Gasteiger partial charge in [-0.1, -0.05) is 17.7 Å². The predicted octanol–water partition coefficient (Wildman–Crippen LogP) is 3.89. The van der Waals surface area contributed by atoms with E-state index in [2.05, 4.69) is 6.07 Å². The van der Waals surface area contributed by atoms with E-state index in [0.29, 0.717) is 0 Å². The molecule has 0 fully saturated rings. The Morgan fingerprint density at radius 3 is 2.54 bits per heavy atom. The summed E-state index contributed by atoms with van der Waals surface area (Å²) in [5.41, 5.74) is -4.53. The van der Waals surface area contributed by atoms with Crippen LogP contribution in [0.4, 0.5) is 17.6 Å². The Morgan fingerprint density at radius 1 is 1.38 bits per heavy atom. The van der Waals surface area contributed by atoms with E-state index in [0.717, 1.165) is 12.1 Å². The molecular formula is C7H2ClF4S. The highest BCUT2D eigenvalue weighted by Gasteiger charge is 2.31. The van der Waals surface area contributed by atoms with E-state index in [4.69, 9.17) is 11.6 Å². The second-order valence-corrected chi connectivity index (χ2v) is 3.50. The van der Waals surface area contributed by atoms with Gasteiger partial charge in [-0.25, -0.2) is 4.39 Å². The largest absolute Gasteiger partial charge is 0.446 e. The average Bonchev–Trinajstić information content (AvgIpc) is 1.96. The molecule has 1 aromatic rings. The van der Waals surface area contributed by atoms with Crippen LogP contribution in [0, 0.1) is 11.9 Å². The highest BCUT2D eigenvalue weighted by Crippen LogP contribution is 2.38. The van der Waals surface area contributed by atoms with E-state index in [1.54, 1.807) is 0 Å². The molecule has 13 heavy (non-hydrogen) atoms. The molecule has 0 unspecified atom stereocenters. The van der Waals surface area contributed by atoms with Crippen LogP contribution >= 0.6 is 23.4 Å². The number of hydrogen-bond donors (Lipinski definition) is 0. The number of thioether (sulfide) groups is 1. The molecular weight excluding hydrogens is 228 g/mol. The van der Waals surface area contributed by atoms with Gasteiger partial charge in [0.05, 0.1) is 9.92 Å². The maximum Gasteiger partial charge on any atom is 0.446 e. The molecule has 0 atom stereocenters. The van der Waals surface area contributed by atoms with Gasteiger partial charge in [0.2, 0.25) is 0 Å². The van der Waals surface area contributed by atoms with Crippen molar-refractivity contribution in [1.29, 1.82) is 0 Å². The molecule has 1 radical (unpaired) electrons. The minimum absolute atomic E-state index is 0.342. The average molecular weight is 230 g/mol. The van der Waals surface area contributed by atoms with E-state index in [1.807, 2.05) is 0 Å². The van der Waals surface area contributed by atoms with Crippen LogP contribution in [0.3, 0.4) is 0 Å². The number of benzene rings is 1. The summed E-state index contributed by atoms with van der Waals surface area (Å²) >= 11 is 4.69. The first-order valence-corrected chi connectivity index (χ1v) is 4.21. The summed E-state index contributed by atoms with van der Waals surface area (Å²) in [6.07, 6.45) is 0. The lowest BCUT2D eigenvalue weighted by atomic mass is 10.3. The second kappa shape index (κ2) is 3.75. The van der Waals surface area contributed by atoms with E-state index < -0.39 is 28.0 Å². The first kappa shape index (κ1) is 10.7. The molecule has 0 aromatic heterocycles. The molecule has 0 saturated carbocycles. The number of halogens is 5. The van der Waals surface area contributed by atoms with Crippen molar-refractivity contribution in [3.8, 4) is 0 Å². The van der Waals surface area contributed by atoms with Crippen molar-refractivity contribution in [2.75, 3.05) is 0 Å². The maximum absolute atomic E-state index is 12.8. The third-order valence-corrected chi connectivity index (χ3v) is 2.10. The van der Waals surface area contributed by atoms with Crippen molar-refractivity contribution in [1.82, 2.24) is 0 Å². The van der Waals surface area contributed by atoms with E-state index in [-0.39, 0.29) is 5.02 Å². The van der Waals surface area contributed by atoms with Crippen molar-refractivity contribution >= 4 is 23.4 Å². The van der Waals surface area contributed by atoms with Gasteiger partial charge in [-0.15, -0.1) is 0 Å². The fraction of sp³-hybridized carbons (Fsp3) is 0.143. The summed E-state index contributed by atoms with van der Waals surface area (Å²) < 4.78 is 48.2. The lowest BCUT2D eigenvalue weighted by Crippen LogP contribution is -2.00. The summed E-state index contributed by atoms with van der Waals surface area (Å²) in [4.78, 5) is -0.639. The second-order valence-electron chi connectivity index (χ2n) is 2.02. The zero-order valence-electron chi connectivity index (χ0n) is 5.95. The summed E-state index contributed by atoms with van der Waals surface area (Å²) in [5, 5.41) is -0.342. The minimum Gasteiger partial charge on any atom is -0.204 e. The molecule has 0 aliphatic rings. The fourth-order valence-corrected chi connectivity index (χ4v) is 1.40. The molecule has 0 bridgehead atoms. The van der Waals surface area contributed by atoms with Gasteiger partial charge in [0.25, 0.3) is 0 Å². The van der Waals surface area contributed by atoms with Gasteiger partial charge in [-0.3, -0.25) is 0 Å². The Morgan fingerprint density at radius 2 is 2.00 bits per heavy atom. The Labute approximate surface area is 80.9 Å². The van der Waals surface area contributed by atoms with Gasteiger partial charge in [0.15, 0.2) is 5.82 Å². The van der Waals surface area contributed by atoms with Crippen molar-refractivity contribution in [3.05, 3.63) is 29.0 Å². The summed E-state index contributed by atoms with van der Waals surface area (Å²) in [7, 11) is 0. The van der Waals surface area contributed by atoms with Crippen LogP contribution in [0.2, 0.25) is 5.02 Å². The Hall–Kier alpha value is -0.420. The minimum atomic E-state index is -4.53. The zero-order chi connectivity index (χ0) is 10.1. The fourth-order valence-electron chi connectivity index (χ4n) is 0.625. The highest BCUT2D eigenvalue weighted by molar-refractivity contribution is 8.00. The van der Waals surface area contributed by atoms with Crippen LogP contribution in [0.15, 0.2) is 17.0 Å². The van der Waals surface area contributed by atoms with Crippen molar-refractivity contribution < 1.29 is 17.6 Å². The first-order chi connectivity index (χ1) is 5.90. The third kappa shape index (κ3) is 3.08. The van der Waals surface area contributed by atoms with Gasteiger partial charge >= 0.3 is 5.51 Å². The molecule has 0 nitrogen and oxygen atoms in total. The molecule has 0 saturated heterocycles. The standard InChI is InChI=1S/C7H2ClF4S/c8-4-2-1-3-5(6(4)9)13-7(10,11)12/h1-2H. The third-order valence-electron chi connectivity index (χ3n) is 1.07. The summed E-state index contributed by atoms with van der Waals surface area (Å²) in [6.45, 7) is 0. The molecule has 6 heteroatoms. The molecule has 0 heterocycles. The zero-order valence-corrected chi connectivity index (χ0v) is 7.53. The molecule has 0 N–H and O–H groups in total. The lowest BCUT2D eigenvalue weighted by molar-refractivity contribution is -0.0329. The lowest BCUT2D eigenvalue weighted by Gasteiger charge is -2.06. The first-order valence-electron chi connectivity index (χ1n) is 3.01. The Balaban J connectivity index is 2.96. The molecule has 1 rings (SSSR count). The van der Waals surface area contributed by atoms with Gasteiger partial charge in [0, 0.05) is 0 Å². The molecule has 0 spiro atoms. The molecule has 1 aromatic carbocycles. The van der Waals surface area contributed by atoms with Crippen LogP contribution in [-0.2, 0) is 0 Å². The predicted molar refractivity (Wildman–Crippen MR) is 42.2 cm³/mol. The Kier molecular flexibility index (Phi) is 3.08. The molecule has 0 aliphatic carbocycles. The molecule has 0 aliphatic heterocycles. The van der Waals surface area contributed by atoms with Crippen molar-refractivity contribution in [2.45, 2.75) is 10.4 Å². The maximum atomic E-state index is 12.8. The SMILES string of the molecule is Fc1c(SC(F)(F)F)[c]ccc1Cl. The normalized spacial score (nSPS) is 11.8. The number of hydrogen-bond acceptors (Lipinski definition) is 1. The topological polar surface area (TPSA) is 0 Å². The molecule has 0 amide bonds. The van der Waals surface area contributed by atoms with Crippen LogP contribution < -0.4 is 0 Å². The summed E-state index contributed by atoms with van der Waals surface area (Å²) in [6, 6.07) is 4.39. The molecule has 71 valence electrons. The van der Waals surface area contributed by atoms with Gasteiger partial charge in [-0.2, -0.15) is 13.2 Å². The van der Waals surface area contributed by atoms with Gasteiger partial charge < -0.3 is 0 Å². The Bertz CT molecular complexity index is 310. The van der Waals surface area contributed by atoms with Crippen LogP contribution in [-0.4, -0.2) is 5.51 Å². The van der Waals surface area contributed by atoms with Crippen molar-refractivity contribution in [3.63, 3.8) is 0 Å². The van der Waals surface area contributed by atoms with E-state index in [1.165, 1.54) is 0 Å². The van der Waals surface area contributed by atoms with Crippen LogP contribution in [0.25, 0.3) is 0 Å². The monoisotopic (exact) mass is 229 g/mol. The number of alkyl halides is 3.